The number of fused-ring (bicyclic) bond motifs is 1. The first kappa shape index (κ1) is 11.6. The van der Waals surface area contributed by atoms with Gasteiger partial charge >= 0.3 is 0 Å². The summed E-state index contributed by atoms with van der Waals surface area (Å²) in [5, 5.41) is 10.3. The van der Waals surface area contributed by atoms with Crippen LogP contribution in [0.5, 0.6) is 0 Å². The Bertz CT molecular complexity index is 384. The highest BCUT2D eigenvalue weighted by molar-refractivity contribution is 5.41. The molecule has 88 valence electrons. The van der Waals surface area contributed by atoms with Gasteiger partial charge < -0.3 is 9.84 Å². The maximum absolute atomic E-state index is 10.3. The van der Waals surface area contributed by atoms with E-state index in [1.807, 2.05) is 6.07 Å². The molecule has 2 rings (SSSR count). The maximum atomic E-state index is 10.3. The average Bonchev–Trinajstić information content (AvgIpc) is 2.27. The van der Waals surface area contributed by atoms with Crippen molar-refractivity contribution in [2.45, 2.75) is 44.3 Å². The Morgan fingerprint density at radius 1 is 1.25 bits per heavy atom. The van der Waals surface area contributed by atoms with Crippen molar-refractivity contribution >= 4 is 0 Å². The van der Waals surface area contributed by atoms with Crippen molar-refractivity contribution in [3.05, 3.63) is 35.4 Å². The molecule has 1 N–H and O–H groups in total. The number of benzene rings is 1. The molecule has 1 aromatic carbocycles. The zero-order chi connectivity index (χ0) is 11.9. The molecular weight excluding hydrogens is 200 g/mol. The van der Waals surface area contributed by atoms with E-state index in [1.165, 1.54) is 11.1 Å². The summed E-state index contributed by atoms with van der Waals surface area (Å²) in [6.07, 6.45) is -0.577. The lowest BCUT2D eigenvalue weighted by Crippen LogP contribution is -2.50. The van der Waals surface area contributed by atoms with Crippen molar-refractivity contribution in [2.75, 3.05) is 7.11 Å². The highest BCUT2D eigenvalue weighted by atomic mass is 16.5. The molecule has 0 amide bonds. The van der Waals surface area contributed by atoms with Crippen LogP contribution < -0.4 is 0 Å². The standard InChI is InChI=1S/C14H20O2/c1-9-10-7-5-6-8-11(10)14(2,3)13(16-4)12(9)15/h5-9,12-13,15H,1-4H3. The Labute approximate surface area is 97.3 Å². The van der Waals surface area contributed by atoms with E-state index < -0.39 is 6.10 Å². The Hall–Kier alpha value is -0.860. The van der Waals surface area contributed by atoms with Crippen molar-refractivity contribution in [3.63, 3.8) is 0 Å². The van der Waals surface area contributed by atoms with Gasteiger partial charge in [-0.05, 0) is 11.1 Å². The van der Waals surface area contributed by atoms with Crippen LogP contribution in [0.3, 0.4) is 0 Å². The molecule has 3 atom stereocenters. The molecule has 0 bridgehead atoms. The fourth-order valence-corrected chi connectivity index (χ4v) is 2.94. The second kappa shape index (κ2) is 3.86. The van der Waals surface area contributed by atoms with Gasteiger partial charge in [-0.1, -0.05) is 45.0 Å². The van der Waals surface area contributed by atoms with E-state index in [9.17, 15) is 5.11 Å². The van der Waals surface area contributed by atoms with Crippen molar-refractivity contribution in [3.8, 4) is 0 Å². The molecule has 16 heavy (non-hydrogen) atoms. The number of rotatable bonds is 1. The van der Waals surface area contributed by atoms with Crippen LogP contribution in [0.25, 0.3) is 0 Å². The van der Waals surface area contributed by atoms with Crippen molar-refractivity contribution < 1.29 is 9.84 Å². The third-order valence-electron chi connectivity index (χ3n) is 3.93. The summed E-state index contributed by atoms with van der Waals surface area (Å²) in [4.78, 5) is 0. The molecule has 1 aromatic rings. The van der Waals surface area contributed by atoms with Gasteiger partial charge in [-0.25, -0.2) is 0 Å². The molecule has 3 unspecified atom stereocenters. The third-order valence-corrected chi connectivity index (χ3v) is 3.93. The molecule has 0 radical (unpaired) electrons. The van der Waals surface area contributed by atoms with Crippen molar-refractivity contribution in [1.29, 1.82) is 0 Å². The third kappa shape index (κ3) is 1.48. The van der Waals surface area contributed by atoms with Crippen LogP contribution in [-0.2, 0) is 10.2 Å². The summed E-state index contributed by atoms with van der Waals surface area (Å²) in [5.74, 6) is 0.133. The van der Waals surface area contributed by atoms with Crippen LogP contribution in [0.4, 0.5) is 0 Å². The van der Waals surface area contributed by atoms with Gasteiger partial charge in [0.15, 0.2) is 0 Å². The Kier molecular flexibility index (Phi) is 2.81. The molecular formula is C14H20O2. The molecule has 2 nitrogen and oxygen atoms in total. The van der Waals surface area contributed by atoms with E-state index in [4.69, 9.17) is 4.74 Å². The van der Waals surface area contributed by atoms with Crippen molar-refractivity contribution in [1.82, 2.24) is 0 Å². The fourth-order valence-electron chi connectivity index (χ4n) is 2.94. The van der Waals surface area contributed by atoms with Gasteiger partial charge in [-0.15, -0.1) is 0 Å². The summed E-state index contributed by atoms with van der Waals surface area (Å²) in [5.41, 5.74) is 2.39. The summed E-state index contributed by atoms with van der Waals surface area (Å²) in [6.45, 7) is 6.33. The van der Waals surface area contributed by atoms with Crippen molar-refractivity contribution in [2.24, 2.45) is 0 Å². The quantitative estimate of drug-likeness (QED) is 0.787. The van der Waals surface area contributed by atoms with Crippen LogP contribution in [0.15, 0.2) is 24.3 Å². The van der Waals surface area contributed by atoms with Gasteiger partial charge in [0.2, 0.25) is 0 Å². The summed E-state index contributed by atoms with van der Waals surface area (Å²) in [7, 11) is 1.68. The largest absolute Gasteiger partial charge is 0.390 e. The van der Waals surface area contributed by atoms with Gasteiger partial charge in [-0.3, -0.25) is 0 Å². The smallest absolute Gasteiger partial charge is 0.0927 e. The molecule has 0 heterocycles. The molecule has 2 heteroatoms. The average molecular weight is 220 g/mol. The molecule has 0 aliphatic heterocycles. The second-order valence-corrected chi connectivity index (χ2v) is 5.24. The van der Waals surface area contributed by atoms with Gasteiger partial charge in [0.05, 0.1) is 12.2 Å². The SMILES string of the molecule is COC1C(O)C(C)c2ccccc2C1(C)C. The Morgan fingerprint density at radius 3 is 2.50 bits per heavy atom. The topological polar surface area (TPSA) is 29.5 Å². The predicted octanol–water partition coefficient (Wildman–Crippen LogP) is 2.46. The molecule has 1 aliphatic carbocycles. The predicted molar refractivity (Wildman–Crippen MR) is 64.7 cm³/mol. The van der Waals surface area contributed by atoms with Gasteiger partial charge in [0.1, 0.15) is 0 Å². The van der Waals surface area contributed by atoms with Crippen LogP contribution >= 0.6 is 0 Å². The molecule has 0 saturated heterocycles. The number of aliphatic hydroxyl groups is 1. The van der Waals surface area contributed by atoms with E-state index in [0.29, 0.717) is 0 Å². The molecule has 0 spiro atoms. The van der Waals surface area contributed by atoms with Gasteiger partial charge in [-0.2, -0.15) is 0 Å². The number of aliphatic hydroxyl groups excluding tert-OH is 1. The van der Waals surface area contributed by atoms with E-state index in [0.717, 1.165) is 0 Å². The Balaban J connectivity index is 2.58. The first-order valence-corrected chi connectivity index (χ1v) is 5.80. The van der Waals surface area contributed by atoms with E-state index in [1.54, 1.807) is 7.11 Å². The van der Waals surface area contributed by atoms with Crippen LogP contribution in [0.1, 0.15) is 37.8 Å². The van der Waals surface area contributed by atoms with Crippen LogP contribution in [-0.4, -0.2) is 24.4 Å². The zero-order valence-corrected chi connectivity index (χ0v) is 10.4. The fraction of sp³-hybridized carbons (Fsp3) is 0.571. The van der Waals surface area contributed by atoms with E-state index in [-0.39, 0.29) is 17.4 Å². The normalized spacial score (nSPS) is 32.2. The number of hydrogen-bond acceptors (Lipinski definition) is 2. The van der Waals surface area contributed by atoms with E-state index in [2.05, 4.69) is 39.0 Å². The monoisotopic (exact) mass is 220 g/mol. The second-order valence-electron chi connectivity index (χ2n) is 5.24. The van der Waals surface area contributed by atoms with Crippen LogP contribution in [0, 0.1) is 0 Å². The Morgan fingerprint density at radius 2 is 1.88 bits per heavy atom. The summed E-state index contributed by atoms with van der Waals surface area (Å²) >= 11 is 0. The van der Waals surface area contributed by atoms with Gasteiger partial charge in [0, 0.05) is 18.4 Å². The first-order valence-electron chi connectivity index (χ1n) is 5.80. The highest BCUT2D eigenvalue weighted by Gasteiger charge is 2.45. The minimum absolute atomic E-state index is 0.133. The molecule has 1 aliphatic rings. The zero-order valence-electron chi connectivity index (χ0n) is 10.4. The lowest BCUT2D eigenvalue weighted by molar-refractivity contribution is -0.0677. The number of ether oxygens (including phenoxy) is 1. The minimum atomic E-state index is -0.435. The summed E-state index contributed by atoms with van der Waals surface area (Å²) < 4.78 is 5.50. The van der Waals surface area contributed by atoms with Crippen LogP contribution in [0.2, 0.25) is 0 Å². The number of hydrogen-bond donors (Lipinski definition) is 1. The lowest BCUT2D eigenvalue weighted by Gasteiger charge is -2.45. The molecule has 0 aromatic heterocycles. The molecule has 0 fully saturated rings. The first-order chi connectivity index (χ1) is 7.50. The van der Waals surface area contributed by atoms with E-state index >= 15 is 0 Å². The number of methoxy groups -OCH3 is 1. The molecule has 0 saturated carbocycles. The maximum Gasteiger partial charge on any atom is 0.0927 e. The van der Waals surface area contributed by atoms with Gasteiger partial charge in [0.25, 0.3) is 0 Å². The minimum Gasteiger partial charge on any atom is -0.390 e. The summed E-state index contributed by atoms with van der Waals surface area (Å²) in [6, 6.07) is 8.34. The lowest BCUT2D eigenvalue weighted by atomic mass is 9.66. The highest BCUT2D eigenvalue weighted by Crippen LogP contribution is 2.43.